The maximum atomic E-state index is 13.8. The number of piperidine rings is 1. The predicted octanol–water partition coefficient (Wildman–Crippen LogP) is 2.65. The Hall–Kier alpha value is -3.69. The number of ether oxygens (including phenoxy) is 1. The number of ketones is 2. The number of Topliss-reactive ketones (excluding diaryl/α,β-unsaturated/α-hetero) is 2. The summed E-state index contributed by atoms with van der Waals surface area (Å²) >= 11 is 0. The lowest BCUT2D eigenvalue weighted by Crippen LogP contribution is -2.58. The smallest absolute Gasteiger partial charge is 0.289 e. The van der Waals surface area contributed by atoms with Crippen molar-refractivity contribution >= 4 is 40.2 Å². The zero-order chi connectivity index (χ0) is 28.0. The maximum absolute atomic E-state index is 13.8. The van der Waals surface area contributed by atoms with Crippen LogP contribution in [0.25, 0.3) is 10.9 Å². The van der Waals surface area contributed by atoms with Crippen molar-refractivity contribution < 1.29 is 28.7 Å². The van der Waals surface area contributed by atoms with E-state index >= 15 is 0 Å². The first-order valence-electron chi connectivity index (χ1n) is 14.4. The van der Waals surface area contributed by atoms with Gasteiger partial charge in [0, 0.05) is 35.8 Å². The number of nitrogens with zero attached hydrogens (tertiary/aromatic N) is 1. The van der Waals surface area contributed by atoms with Crippen LogP contribution in [-0.2, 0) is 19.2 Å². The van der Waals surface area contributed by atoms with E-state index in [-0.39, 0.29) is 35.5 Å². The largest absolute Gasteiger partial charge is 0.497 e. The molecule has 0 bridgehead atoms. The molecule has 3 atom stereocenters. The van der Waals surface area contributed by atoms with E-state index in [0.29, 0.717) is 37.3 Å². The number of H-pyrrole nitrogens is 1. The first-order chi connectivity index (χ1) is 19.2. The minimum Gasteiger partial charge on any atom is -0.497 e. The van der Waals surface area contributed by atoms with Gasteiger partial charge < -0.3 is 25.3 Å². The molecule has 212 valence electrons. The molecule has 4 fully saturated rings. The third kappa shape index (κ3) is 5.36. The van der Waals surface area contributed by atoms with E-state index in [1.165, 1.54) is 0 Å². The van der Waals surface area contributed by atoms with Gasteiger partial charge in [0.2, 0.25) is 11.7 Å². The summed E-state index contributed by atoms with van der Waals surface area (Å²) < 4.78 is 5.30. The van der Waals surface area contributed by atoms with Gasteiger partial charge in [-0.1, -0.05) is 0 Å². The van der Waals surface area contributed by atoms with Crippen LogP contribution in [-0.4, -0.2) is 71.0 Å². The number of amides is 3. The van der Waals surface area contributed by atoms with Gasteiger partial charge >= 0.3 is 0 Å². The number of aromatic amines is 1. The molecule has 3 N–H and O–H groups in total. The summed E-state index contributed by atoms with van der Waals surface area (Å²) in [6, 6.07) is 5.38. The highest BCUT2D eigenvalue weighted by Crippen LogP contribution is 2.55. The Bertz CT molecular complexity index is 1370. The molecule has 1 spiro atoms. The molecule has 3 saturated carbocycles. The summed E-state index contributed by atoms with van der Waals surface area (Å²) in [5, 5.41) is 6.37. The Morgan fingerprint density at radius 2 is 1.93 bits per heavy atom. The van der Waals surface area contributed by atoms with Gasteiger partial charge in [-0.2, -0.15) is 0 Å². The van der Waals surface area contributed by atoms with Crippen LogP contribution in [0.4, 0.5) is 0 Å². The molecule has 2 heterocycles. The third-order valence-corrected chi connectivity index (χ3v) is 9.19. The number of hydrogen-bond donors (Lipinski definition) is 3. The molecule has 2 aromatic rings. The molecule has 3 aliphatic carbocycles. The lowest BCUT2D eigenvalue weighted by Gasteiger charge is -2.39. The number of aromatic nitrogens is 1. The lowest BCUT2D eigenvalue weighted by molar-refractivity contribution is -0.141. The van der Waals surface area contributed by atoms with E-state index in [1.54, 1.807) is 18.1 Å². The molecule has 1 aromatic carbocycles. The van der Waals surface area contributed by atoms with Crippen molar-refractivity contribution in [3.63, 3.8) is 0 Å². The molecule has 1 saturated heterocycles. The first-order valence-corrected chi connectivity index (χ1v) is 14.4. The molecule has 4 aliphatic rings. The first kappa shape index (κ1) is 26.5. The molecular weight excluding hydrogens is 512 g/mol. The van der Waals surface area contributed by atoms with Crippen molar-refractivity contribution in [2.45, 2.75) is 82.3 Å². The van der Waals surface area contributed by atoms with Gasteiger partial charge in [-0.25, -0.2) is 0 Å². The average Bonchev–Trinajstić information content (AvgIpc) is 3.84. The SMILES string of the molecule is COc1ccc2[nH]c(C(=O)N3CCC4(CC4)C[C@H]3C(=O)N[C@@H](C[C@@H]3CCCC3=O)C(=O)C(=O)NC3CC3)cc2c1. The van der Waals surface area contributed by atoms with E-state index in [2.05, 4.69) is 15.6 Å². The number of nitrogens with one attached hydrogen (secondary N) is 3. The zero-order valence-corrected chi connectivity index (χ0v) is 22.8. The summed E-state index contributed by atoms with van der Waals surface area (Å²) in [5.74, 6) is -1.78. The highest BCUT2D eigenvalue weighted by Gasteiger charge is 2.51. The maximum Gasteiger partial charge on any atom is 0.289 e. The Morgan fingerprint density at radius 3 is 2.60 bits per heavy atom. The Balaban J connectivity index is 1.23. The summed E-state index contributed by atoms with van der Waals surface area (Å²) in [5.41, 5.74) is 1.20. The standard InChI is InChI=1S/C30H36N4O6/c1-40-20-7-8-21-18(13-20)15-23(32-21)29(39)34-12-11-30(9-10-30)16-24(34)27(37)33-22(14-17-3-2-4-25(17)35)26(36)28(38)31-19-5-6-19/h7-8,13,15,17,19,22,24,32H,2-6,9-12,14,16H2,1H3,(H,31,38)(H,33,37)/t17-,22-,24-/m0/s1. The highest BCUT2D eigenvalue weighted by atomic mass is 16.5. The van der Waals surface area contributed by atoms with Crippen LogP contribution in [0.1, 0.15) is 74.7 Å². The van der Waals surface area contributed by atoms with Gasteiger partial charge in [0.15, 0.2) is 0 Å². The summed E-state index contributed by atoms with van der Waals surface area (Å²) in [6.45, 7) is 0.428. The number of likely N-dealkylation sites (tertiary alicyclic amines) is 1. The molecule has 3 amide bonds. The number of carbonyl (C=O) groups excluding carboxylic acids is 5. The fourth-order valence-electron chi connectivity index (χ4n) is 6.32. The number of fused-ring (bicyclic) bond motifs is 1. The Labute approximate surface area is 232 Å². The van der Waals surface area contributed by atoms with E-state index in [0.717, 1.165) is 49.4 Å². The van der Waals surface area contributed by atoms with E-state index in [1.807, 2.05) is 18.2 Å². The van der Waals surface area contributed by atoms with Crippen LogP contribution in [0.15, 0.2) is 24.3 Å². The number of rotatable bonds is 9. The van der Waals surface area contributed by atoms with Gasteiger partial charge in [0.1, 0.15) is 23.3 Å². The highest BCUT2D eigenvalue weighted by molar-refractivity contribution is 6.38. The molecule has 10 nitrogen and oxygen atoms in total. The second kappa shape index (κ2) is 10.4. The quantitative estimate of drug-likeness (QED) is 0.412. The Morgan fingerprint density at radius 1 is 1.12 bits per heavy atom. The average molecular weight is 549 g/mol. The third-order valence-electron chi connectivity index (χ3n) is 9.19. The lowest BCUT2D eigenvalue weighted by atomic mass is 9.86. The second-order valence-corrected chi connectivity index (χ2v) is 12.1. The zero-order valence-electron chi connectivity index (χ0n) is 22.8. The summed E-state index contributed by atoms with van der Waals surface area (Å²) in [4.78, 5) is 70.6. The van der Waals surface area contributed by atoms with E-state index < -0.39 is 29.7 Å². The minimum atomic E-state index is -1.10. The fraction of sp³-hybridized carbons (Fsp3) is 0.567. The molecule has 1 aliphatic heterocycles. The van der Waals surface area contributed by atoms with Gasteiger partial charge in [-0.3, -0.25) is 24.0 Å². The van der Waals surface area contributed by atoms with Gasteiger partial charge in [-0.05, 0) is 87.5 Å². The van der Waals surface area contributed by atoms with E-state index in [4.69, 9.17) is 4.74 Å². The number of carbonyl (C=O) groups is 5. The molecule has 0 unspecified atom stereocenters. The predicted molar refractivity (Wildman–Crippen MR) is 146 cm³/mol. The summed E-state index contributed by atoms with van der Waals surface area (Å²) in [7, 11) is 1.58. The molecule has 10 heteroatoms. The fourth-order valence-corrected chi connectivity index (χ4v) is 6.32. The van der Waals surface area contributed by atoms with Crippen LogP contribution in [0.3, 0.4) is 0 Å². The summed E-state index contributed by atoms with van der Waals surface area (Å²) in [6.07, 6.45) is 6.96. The van der Waals surface area contributed by atoms with Gasteiger partial charge in [0.05, 0.1) is 13.2 Å². The van der Waals surface area contributed by atoms with E-state index in [9.17, 15) is 24.0 Å². The van der Waals surface area contributed by atoms with Gasteiger partial charge in [0.25, 0.3) is 11.8 Å². The molecular formula is C30H36N4O6. The van der Waals surface area contributed by atoms with Crippen molar-refractivity contribution in [2.24, 2.45) is 11.3 Å². The molecule has 1 aromatic heterocycles. The molecule has 6 rings (SSSR count). The van der Waals surface area contributed by atoms with Crippen molar-refractivity contribution in [2.75, 3.05) is 13.7 Å². The van der Waals surface area contributed by atoms with Crippen LogP contribution in [0.2, 0.25) is 0 Å². The van der Waals surface area contributed by atoms with Crippen molar-refractivity contribution in [3.8, 4) is 5.75 Å². The minimum absolute atomic E-state index is 0.00151. The number of methoxy groups -OCH3 is 1. The van der Waals surface area contributed by atoms with Crippen molar-refractivity contribution in [1.29, 1.82) is 0 Å². The van der Waals surface area contributed by atoms with Gasteiger partial charge in [-0.15, -0.1) is 0 Å². The molecule has 40 heavy (non-hydrogen) atoms. The Kier molecular flexibility index (Phi) is 6.88. The topological polar surface area (TPSA) is 138 Å². The normalized spacial score (nSPS) is 24.1. The molecule has 0 radical (unpaired) electrons. The monoisotopic (exact) mass is 548 g/mol. The number of benzene rings is 1. The van der Waals surface area contributed by atoms with Crippen LogP contribution < -0.4 is 15.4 Å². The van der Waals surface area contributed by atoms with Crippen molar-refractivity contribution in [1.82, 2.24) is 20.5 Å². The second-order valence-electron chi connectivity index (χ2n) is 12.1. The van der Waals surface area contributed by atoms with Crippen LogP contribution in [0, 0.1) is 11.3 Å². The van der Waals surface area contributed by atoms with Crippen LogP contribution in [0.5, 0.6) is 5.75 Å². The number of hydrogen-bond acceptors (Lipinski definition) is 6. The van der Waals surface area contributed by atoms with Crippen LogP contribution >= 0.6 is 0 Å². The van der Waals surface area contributed by atoms with Crippen molar-refractivity contribution in [3.05, 3.63) is 30.0 Å².